The van der Waals surface area contributed by atoms with Gasteiger partial charge >= 0.3 is 0 Å². The van der Waals surface area contributed by atoms with Crippen LogP contribution in [-0.2, 0) is 41.7 Å². The molecule has 254 valence electrons. The van der Waals surface area contributed by atoms with E-state index in [2.05, 4.69) is 27.7 Å². The highest BCUT2D eigenvalue weighted by Gasteiger charge is 2.29. The zero-order chi connectivity index (χ0) is 31.0. The molecule has 0 rings (SSSR count). The highest BCUT2D eigenvalue weighted by atomic mass is 33.5. The Labute approximate surface area is 280 Å². The van der Waals surface area contributed by atoms with Crippen molar-refractivity contribution >= 4 is 55.8 Å². The molecule has 0 atom stereocenters. The predicted octanol–water partition coefficient (Wildman–Crippen LogP) is 14.3. The lowest BCUT2D eigenvalue weighted by Crippen LogP contribution is -1.99. The molecule has 0 unspecified atom stereocenters. The third-order valence-corrected chi connectivity index (χ3v) is 22.4. The first-order chi connectivity index (χ1) is 20.4. The Morgan fingerprint density at radius 3 is 0.738 bits per heavy atom. The normalized spacial score (nSPS) is 12.4. The Hall–Kier alpha value is 1.84. The van der Waals surface area contributed by atoms with Crippen molar-refractivity contribution in [3.8, 4) is 0 Å². The fraction of sp³-hybridized carbons (Fsp3) is 1.00. The number of rotatable bonds is 35. The third kappa shape index (κ3) is 29.3. The molecule has 0 saturated heterocycles. The molecule has 0 fully saturated rings. The van der Waals surface area contributed by atoms with Crippen LogP contribution < -0.4 is 0 Å². The lowest BCUT2D eigenvalue weighted by Gasteiger charge is -2.25. The minimum atomic E-state index is -2.54. The fourth-order valence-electron chi connectivity index (χ4n) is 4.48. The fourth-order valence-corrected chi connectivity index (χ4v) is 21.0. The van der Waals surface area contributed by atoms with Crippen molar-refractivity contribution < 1.29 is 18.1 Å². The monoisotopic (exact) mass is 706 g/mol. The van der Waals surface area contributed by atoms with Crippen LogP contribution >= 0.6 is 32.2 Å². The van der Waals surface area contributed by atoms with Crippen molar-refractivity contribution in [1.82, 2.24) is 0 Å². The molecule has 0 bridgehead atoms. The van der Waals surface area contributed by atoms with E-state index in [-0.39, 0.29) is 0 Å². The highest BCUT2D eigenvalue weighted by molar-refractivity contribution is 9.17. The molecule has 0 N–H and O–H groups in total. The minimum Gasteiger partial charge on any atom is -0.321 e. The Morgan fingerprint density at radius 1 is 0.333 bits per heavy atom. The molecular weight excluding hydrogens is 639 g/mol. The second-order valence-electron chi connectivity index (χ2n) is 11.4. The van der Waals surface area contributed by atoms with Crippen molar-refractivity contribution in [2.75, 3.05) is 26.4 Å². The molecule has 0 aromatic carbocycles. The Kier molecular flexibility index (Phi) is 34.2. The van der Waals surface area contributed by atoms with Crippen LogP contribution in [0.25, 0.3) is 0 Å². The summed E-state index contributed by atoms with van der Waals surface area (Å²) in [5.74, 6) is 0. The molecule has 0 heterocycles. The van der Waals surface area contributed by atoms with Gasteiger partial charge in [-0.25, -0.2) is 0 Å². The van der Waals surface area contributed by atoms with Crippen molar-refractivity contribution in [3.63, 3.8) is 0 Å². The van der Waals surface area contributed by atoms with E-state index in [9.17, 15) is 0 Å². The highest BCUT2D eigenvalue weighted by Crippen LogP contribution is 2.77. The first-order valence-corrected chi connectivity index (χ1v) is 26.2. The van der Waals surface area contributed by atoms with Gasteiger partial charge < -0.3 is 18.1 Å². The van der Waals surface area contributed by atoms with Gasteiger partial charge in [0.05, 0.1) is 26.4 Å². The SMILES string of the molecule is CCCCCCCCOP(=S)(OCCCCCCCC)SSP(=S)(OCCCCCCCC)OCCCCCCCC. The van der Waals surface area contributed by atoms with Gasteiger partial charge in [-0.3, -0.25) is 0 Å². The lowest BCUT2D eigenvalue weighted by atomic mass is 10.1. The molecule has 4 nitrogen and oxygen atoms in total. The Bertz CT molecular complexity index is 560. The van der Waals surface area contributed by atoms with Gasteiger partial charge in [0.15, 0.2) is 0 Å². The third-order valence-electron chi connectivity index (χ3n) is 7.21. The Balaban J connectivity index is 4.98. The van der Waals surface area contributed by atoms with E-state index in [0.29, 0.717) is 26.4 Å². The maximum Gasteiger partial charge on any atom is 0.258 e. The largest absolute Gasteiger partial charge is 0.321 e. The summed E-state index contributed by atoms with van der Waals surface area (Å²) in [4.78, 5) is 0. The summed E-state index contributed by atoms with van der Waals surface area (Å²) < 4.78 is 25.4. The quantitative estimate of drug-likeness (QED) is 0.0366. The van der Waals surface area contributed by atoms with Crippen LogP contribution in [0.3, 0.4) is 0 Å². The average Bonchev–Trinajstić information content (AvgIpc) is 2.98. The van der Waals surface area contributed by atoms with E-state index in [1.54, 1.807) is 0 Å². The van der Waals surface area contributed by atoms with Crippen LogP contribution in [0.1, 0.15) is 182 Å². The molecule has 0 spiro atoms. The van der Waals surface area contributed by atoms with Gasteiger partial charge in [-0.2, -0.15) is 0 Å². The van der Waals surface area contributed by atoms with Gasteiger partial charge in [0, 0.05) is 20.8 Å². The lowest BCUT2D eigenvalue weighted by molar-refractivity contribution is 0.248. The molecule has 0 amide bonds. The van der Waals surface area contributed by atoms with Crippen molar-refractivity contribution in [3.05, 3.63) is 0 Å². The zero-order valence-corrected chi connectivity index (χ0v) is 33.0. The van der Waals surface area contributed by atoms with Gasteiger partial charge in [0.1, 0.15) is 0 Å². The first-order valence-electron chi connectivity index (χ1n) is 17.6. The van der Waals surface area contributed by atoms with Crippen molar-refractivity contribution in [2.24, 2.45) is 0 Å². The topological polar surface area (TPSA) is 36.9 Å². The summed E-state index contributed by atoms with van der Waals surface area (Å²) in [6.07, 6.45) is 29.5. The van der Waals surface area contributed by atoms with Crippen LogP contribution in [0.4, 0.5) is 0 Å². The van der Waals surface area contributed by atoms with Crippen LogP contribution in [0.15, 0.2) is 0 Å². The van der Waals surface area contributed by atoms with Crippen LogP contribution in [0.2, 0.25) is 0 Å². The number of unbranched alkanes of at least 4 members (excludes halogenated alkanes) is 20. The van der Waals surface area contributed by atoms with Gasteiger partial charge in [-0.15, -0.1) is 0 Å². The molecule has 0 aliphatic carbocycles. The molecule has 0 aliphatic heterocycles. The van der Waals surface area contributed by atoms with E-state index >= 15 is 0 Å². The summed E-state index contributed by atoms with van der Waals surface area (Å²) in [6.45, 7) is 11.7. The molecule has 42 heavy (non-hydrogen) atoms. The number of hydrogen-bond donors (Lipinski definition) is 0. The second kappa shape index (κ2) is 32.8. The molecule has 0 aromatic heterocycles. The van der Waals surface area contributed by atoms with Crippen LogP contribution in [0, 0.1) is 0 Å². The maximum atomic E-state index is 6.34. The molecule has 0 aromatic rings. The van der Waals surface area contributed by atoms with Gasteiger partial charge in [-0.05, 0) is 49.3 Å². The average molecular weight is 707 g/mol. The smallest absolute Gasteiger partial charge is 0.258 e. The first kappa shape index (κ1) is 43.8. The standard InChI is InChI=1S/C32H68O4P2S4/c1-5-9-13-17-21-25-29-33-37(39,34-30-26-22-18-14-10-6-2)41-42-38(40,35-31-27-23-19-15-11-7-3)36-32-28-24-20-16-12-8-4/h5-32H2,1-4H3. The molecule has 0 radical (unpaired) electrons. The van der Waals surface area contributed by atoms with E-state index in [1.165, 1.54) is 149 Å². The minimum absolute atomic E-state index is 0.660. The van der Waals surface area contributed by atoms with E-state index in [1.807, 2.05) is 0 Å². The predicted molar refractivity (Wildman–Crippen MR) is 201 cm³/mol. The van der Waals surface area contributed by atoms with Crippen LogP contribution in [0.5, 0.6) is 0 Å². The number of hydrogen-bond acceptors (Lipinski definition) is 8. The summed E-state index contributed by atoms with van der Waals surface area (Å²) in [5.41, 5.74) is -5.08. The van der Waals surface area contributed by atoms with E-state index in [0.717, 1.165) is 25.7 Å². The zero-order valence-electron chi connectivity index (χ0n) is 28.0. The summed E-state index contributed by atoms with van der Waals surface area (Å²) >= 11 is 12.1. The summed E-state index contributed by atoms with van der Waals surface area (Å²) in [5, 5.41) is 0. The molecule has 0 aliphatic rings. The van der Waals surface area contributed by atoms with Crippen LogP contribution in [-0.4, -0.2) is 26.4 Å². The second-order valence-corrected chi connectivity index (χ2v) is 25.3. The Morgan fingerprint density at radius 2 is 0.524 bits per heavy atom. The van der Waals surface area contributed by atoms with Gasteiger partial charge in [-0.1, -0.05) is 156 Å². The summed E-state index contributed by atoms with van der Waals surface area (Å²) in [7, 11) is 3.04. The van der Waals surface area contributed by atoms with Crippen molar-refractivity contribution in [2.45, 2.75) is 182 Å². The molecular formula is C32H68O4P2S4. The molecule has 0 saturated carbocycles. The van der Waals surface area contributed by atoms with Gasteiger partial charge in [0.25, 0.3) is 11.4 Å². The molecule has 10 heteroatoms. The van der Waals surface area contributed by atoms with E-state index in [4.69, 9.17) is 41.7 Å². The van der Waals surface area contributed by atoms with Crippen molar-refractivity contribution in [1.29, 1.82) is 0 Å². The van der Waals surface area contributed by atoms with Gasteiger partial charge in [0.2, 0.25) is 0 Å². The van der Waals surface area contributed by atoms with E-state index < -0.39 is 11.4 Å². The summed E-state index contributed by atoms with van der Waals surface area (Å²) in [6, 6.07) is 0. The maximum absolute atomic E-state index is 6.34.